The van der Waals surface area contributed by atoms with Crippen LogP contribution >= 0.6 is 0 Å². The average Bonchev–Trinajstić information content (AvgIpc) is 2.89. The zero-order valence-corrected chi connectivity index (χ0v) is 20.0. The van der Waals surface area contributed by atoms with Crippen molar-refractivity contribution >= 4 is 21.5 Å². The fraction of sp³-hybridized carbons (Fsp3) is 0.500. The van der Waals surface area contributed by atoms with Gasteiger partial charge in [-0.05, 0) is 35.1 Å². The van der Waals surface area contributed by atoms with Crippen molar-refractivity contribution < 1.29 is 34.6 Å². The van der Waals surface area contributed by atoms with Crippen LogP contribution in [-0.4, -0.2) is 71.0 Å². The Labute approximate surface area is 205 Å². The Balaban J connectivity index is 1.13. The molecule has 5 atom stereocenters. The minimum atomic E-state index is -1.48. The fourth-order valence-corrected chi connectivity index (χ4v) is 4.72. The first-order chi connectivity index (χ1) is 17.1. The van der Waals surface area contributed by atoms with Crippen LogP contribution < -0.4 is 4.74 Å². The molecule has 4 N–H and O–H groups in total. The summed E-state index contributed by atoms with van der Waals surface area (Å²) in [6.07, 6.45) is 0.0348. The van der Waals surface area contributed by atoms with Gasteiger partial charge in [0.2, 0.25) is 0 Å². The molecule has 4 rings (SSSR count). The van der Waals surface area contributed by atoms with Crippen LogP contribution in [0, 0.1) is 0 Å². The van der Waals surface area contributed by atoms with E-state index in [9.17, 15) is 20.4 Å². The monoisotopic (exact) mass is 484 g/mol. The van der Waals surface area contributed by atoms with Crippen molar-refractivity contribution in [1.82, 2.24) is 0 Å². The second-order valence-electron chi connectivity index (χ2n) is 9.18. The summed E-state index contributed by atoms with van der Waals surface area (Å²) in [5.74, 6) is 0.933. The second-order valence-corrected chi connectivity index (χ2v) is 9.18. The standard InChI is InChI=1S/C28H36O7/c29-18-24-25(30)27(26(31)28(32)35-24)34-16-10-4-2-1-3-9-15-33-23-17-19-11-5-6-12-20(19)21-13-7-8-14-22(21)23/h5-8,11-14,17,24-32H,1-4,9-10,15-16,18H2/t24-,25-,26-,27+,28?/m1/s1. The highest BCUT2D eigenvalue weighted by Gasteiger charge is 2.44. The molecule has 0 bridgehead atoms. The largest absolute Gasteiger partial charge is 0.493 e. The fourth-order valence-electron chi connectivity index (χ4n) is 4.72. The van der Waals surface area contributed by atoms with Crippen LogP contribution in [0.15, 0.2) is 54.6 Å². The van der Waals surface area contributed by atoms with Crippen molar-refractivity contribution in [3.63, 3.8) is 0 Å². The predicted molar refractivity (Wildman–Crippen MR) is 134 cm³/mol. The van der Waals surface area contributed by atoms with Gasteiger partial charge in [-0.2, -0.15) is 0 Å². The summed E-state index contributed by atoms with van der Waals surface area (Å²) < 4.78 is 16.7. The molecule has 3 aromatic carbocycles. The molecule has 35 heavy (non-hydrogen) atoms. The van der Waals surface area contributed by atoms with E-state index in [0.717, 1.165) is 49.7 Å². The maximum absolute atomic E-state index is 10.1. The first-order valence-corrected chi connectivity index (χ1v) is 12.6. The Morgan fingerprint density at radius 3 is 2.09 bits per heavy atom. The number of ether oxygens (including phenoxy) is 3. The lowest BCUT2D eigenvalue weighted by Crippen LogP contribution is -2.59. The SMILES string of the molecule is OC[C@H]1OC(O)[C@H](O)[C@@H](OCCCCCCCCOc2cc3ccccc3c3ccccc23)[C@@H]1O. The number of unbranched alkanes of at least 4 members (excludes halogenated alkanes) is 5. The normalized spacial score (nSPS) is 24.7. The molecular weight excluding hydrogens is 448 g/mol. The number of aliphatic hydroxyl groups is 4. The molecule has 7 heteroatoms. The second kappa shape index (κ2) is 12.6. The predicted octanol–water partition coefficient (Wildman–Crippen LogP) is 3.53. The van der Waals surface area contributed by atoms with Gasteiger partial charge in [0.15, 0.2) is 6.29 Å². The van der Waals surface area contributed by atoms with E-state index in [0.29, 0.717) is 13.2 Å². The molecule has 1 unspecified atom stereocenters. The van der Waals surface area contributed by atoms with Crippen LogP contribution in [0.5, 0.6) is 5.75 Å². The third-order valence-corrected chi connectivity index (χ3v) is 6.68. The van der Waals surface area contributed by atoms with Gasteiger partial charge in [0.25, 0.3) is 0 Å². The van der Waals surface area contributed by atoms with Crippen LogP contribution in [0.4, 0.5) is 0 Å². The highest BCUT2D eigenvalue weighted by atomic mass is 16.6. The van der Waals surface area contributed by atoms with Crippen molar-refractivity contribution in [3.05, 3.63) is 54.6 Å². The summed E-state index contributed by atoms with van der Waals surface area (Å²) >= 11 is 0. The van der Waals surface area contributed by atoms with Gasteiger partial charge in [0.05, 0.1) is 13.2 Å². The summed E-state index contributed by atoms with van der Waals surface area (Å²) in [5, 5.41) is 43.8. The quantitative estimate of drug-likeness (QED) is 0.230. The van der Waals surface area contributed by atoms with Gasteiger partial charge in [0, 0.05) is 12.0 Å². The Bertz CT molecular complexity index is 1070. The van der Waals surface area contributed by atoms with Crippen LogP contribution in [0.1, 0.15) is 38.5 Å². The highest BCUT2D eigenvalue weighted by Crippen LogP contribution is 2.33. The zero-order chi connectivity index (χ0) is 24.6. The Kier molecular flexibility index (Phi) is 9.31. The number of benzene rings is 3. The molecule has 0 saturated carbocycles. The van der Waals surface area contributed by atoms with Crippen molar-refractivity contribution in [2.24, 2.45) is 0 Å². The van der Waals surface area contributed by atoms with Gasteiger partial charge in [-0.15, -0.1) is 0 Å². The van der Waals surface area contributed by atoms with Gasteiger partial charge in [-0.25, -0.2) is 0 Å². The molecule has 1 fully saturated rings. The lowest BCUT2D eigenvalue weighted by molar-refractivity contribution is -0.294. The van der Waals surface area contributed by atoms with Crippen LogP contribution in [0.2, 0.25) is 0 Å². The van der Waals surface area contributed by atoms with Gasteiger partial charge in [0.1, 0.15) is 30.2 Å². The molecule has 0 aromatic heterocycles. The average molecular weight is 485 g/mol. The van der Waals surface area contributed by atoms with E-state index in [1.807, 2.05) is 6.07 Å². The van der Waals surface area contributed by atoms with E-state index in [4.69, 9.17) is 14.2 Å². The number of aliphatic hydroxyl groups excluding tert-OH is 4. The van der Waals surface area contributed by atoms with E-state index in [2.05, 4.69) is 48.5 Å². The van der Waals surface area contributed by atoms with Crippen molar-refractivity contribution in [3.8, 4) is 5.75 Å². The number of hydrogen-bond donors (Lipinski definition) is 4. The van der Waals surface area contributed by atoms with Crippen molar-refractivity contribution in [2.75, 3.05) is 19.8 Å². The summed E-state index contributed by atoms with van der Waals surface area (Å²) in [4.78, 5) is 0. The van der Waals surface area contributed by atoms with Crippen molar-refractivity contribution in [2.45, 2.75) is 69.2 Å². The van der Waals surface area contributed by atoms with Crippen molar-refractivity contribution in [1.29, 1.82) is 0 Å². The summed E-state index contributed by atoms with van der Waals surface area (Å²) in [6.45, 7) is 0.590. The lowest BCUT2D eigenvalue weighted by atomic mass is 9.99. The smallest absolute Gasteiger partial charge is 0.184 e. The van der Waals surface area contributed by atoms with Gasteiger partial charge < -0.3 is 34.6 Å². The minimum Gasteiger partial charge on any atom is -0.493 e. The van der Waals surface area contributed by atoms with E-state index >= 15 is 0 Å². The molecule has 0 amide bonds. The zero-order valence-electron chi connectivity index (χ0n) is 20.0. The maximum atomic E-state index is 10.1. The molecule has 0 spiro atoms. The topological polar surface area (TPSA) is 109 Å². The molecule has 7 nitrogen and oxygen atoms in total. The van der Waals surface area contributed by atoms with Crippen LogP contribution in [0.25, 0.3) is 21.5 Å². The lowest BCUT2D eigenvalue weighted by Gasteiger charge is -2.39. The molecule has 0 aliphatic carbocycles. The Morgan fingerprint density at radius 2 is 1.34 bits per heavy atom. The van der Waals surface area contributed by atoms with Crippen LogP contribution in [-0.2, 0) is 9.47 Å². The van der Waals surface area contributed by atoms with E-state index < -0.39 is 37.3 Å². The van der Waals surface area contributed by atoms with Gasteiger partial charge in [-0.3, -0.25) is 0 Å². The number of fused-ring (bicyclic) bond motifs is 3. The van der Waals surface area contributed by atoms with Crippen LogP contribution in [0.3, 0.4) is 0 Å². The Hall–Kier alpha value is -2.26. The third kappa shape index (κ3) is 6.30. The molecule has 1 aliphatic rings. The number of rotatable bonds is 12. The van der Waals surface area contributed by atoms with E-state index in [1.165, 1.54) is 16.2 Å². The van der Waals surface area contributed by atoms with E-state index in [-0.39, 0.29) is 0 Å². The van der Waals surface area contributed by atoms with E-state index in [1.54, 1.807) is 0 Å². The number of hydrogen-bond acceptors (Lipinski definition) is 7. The Morgan fingerprint density at radius 1 is 0.714 bits per heavy atom. The molecule has 1 saturated heterocycles. The molecule has 190 valence electrons. The minimum absolute atomic E-state index is 0.363. The highest BCUT2D eigenvalue weighted by molar-refractivity contribution is 6.10. The third-order valence-electron chi connectivity index (χ3n) is 6.68. The molecular formula is C28H36O7. The van der Waals surface area contributed by atoms with Gasteiger partial charge >= 0.3 is 0 Å². The molecule has 3 aromatic rings. The molecule has 1 aliphatic heterocycles. The molecule has 1 heterocycles. The summed E-state index contributed by atoms with van der Waals surface area (Å²) in [6, 6.07) is 18.9. The maximum Gasteiger partial charge on any atom is 0.184 e. The van der Waals surface area contributed by atoms with Gasteiger partial charge in [-0.1, -0.05) is 74.2 Å². The summed E-state index contributed by atoms with van der Waals surface area (Å²) in [5.41, 5.74) is 0. The molecule has 0 radical (unpaired) electrons. The first kappa shape index (κ1) is 25.8. The summed E-state index contributed by atoms with van der Waals surface area (Å²) in [7, 11) is 0. The first-order valence-electron chi connectivity index (χ1n) is 12.6.